The molecule has 1 atom stereocenters. The maximum absolute atomic E-state index is 5.61. The molecule has 18 heavy (non-hydrogen) atoms. The Bertz CT molecular complexity index is 273. The molecule has 0 aromatic rings. The summed E-state index contributed by atoms with van der Waals surface area (Å²) < 4.78 is 5.61. The van der Waals surface area contributed by atoms with Crippen molar-refractivity contribution in [3.63, 3.8) is 0 Å². The molecule has 5 rings (SSSR count). The summed E-state index contributed by atoms with van der Waals surface area (Å²) in [4.78, 5) is 0. The molecule has 4 saturated carbocycles. The zero-order valence-corrected chi connectivity index (χ0v) is 11.5. The van der Waals surface area contributed by atoms with Crippen molar-refractivity contribution in [2.45, 2.75) is 56.9 Å². The predicted octanol–water partition coefficient (Wildman–Crippen LogP) is 2.97. The monoisotopic (exact) mass is 249 g/mol. The van der Waals surface area contributed by atoms with Crippen LogP contribution in [0.5, 0.6) is 0 Å². The highest BCUT2D eigenvalue weighted by Crippen LogP contribution is 2.55. The van der Waals surface area contributed by atoms with Crippen LogP contribution in [0, 0.1) is 23.7 Å². The number of ether oxygens (including phenoxy) is 1. The van der Waals surface area contributed by atoms with E-state index < -0.39 is 0 Å². The molecule has 0 spiro atoms. The fraction of sp³-hybridized carbons (Fsp3) is 1.00. The smallest absolute Gasteiger partial charge is 0.0506 e. The number of rotatable bonds is 3. The van der Waals surface area contributed by atoms with E-state index in [2.05, 4.69) is 5.32 Å². The Morgan fingerprint density at radius 1 is 1.00 bits per heavy atom. The fourth-order valence-electron chi connectivity index (χ4n) is 5.66. The van der Waals surface area contributed by atoms with Crippen molar-refractivity contribution in [2.75, 3.05) is 19.8 Å². The zero-order valence-electron chi connectivity index (χ0n) is 11.5. The number of nitrogens with one attached hydrogen (secondary N) is 1. The van der Waals surface area contributed by atoms with Gasteiger partial charge in [-0.25, -0.2) is 0 Å². The van der Waals surface area contributed by atoms with E-state index in [-0.39, 0.29) is 0 Å². The lowest BCUT2D eigenvalue weighted by atomic mass is 9.53. The van der Waals surface area contributed by atoms with Gasteiger partial charge in [-0.2, -0.15) is 0 Å². The van der Waals surface area contributed by atoms with Crippen LogP contribution >= 0.6 is 0 Å². The van der Waals surface area contributed by atoms with Gasteiger partial charge in [-0.3, -0.25) is 0 Å². The van der Waals surface area contributed by atoms with Crippen molar-refractivity contribution in [1.82, 2.24) is 5.32 Å². The molecule has 1 unspecified atom stereocenters. The highest BCUT2D eigenvalue weighted by atomic mass is 16.5. The first-order valence-corrected chi connectivity index (χ1v) is 8.14. The largest absolute Gasteiger partial charge is 0.381 e. The molecule has 0 radical (unpaired) electrons. The van der Waals surface area contributed by atoms with Crippen LogP contribution in [0.4, 0.5) is 0 Å². The fourth-order valence-corrected chi connectivity index (χ4v) is 5.66. The molecule has 5 fully saturated rings. The maximum Gasteiger partial charge on any atom is 0.0506 e. The van der Waals surface area contributed by atoms with Gasteiger partial charge < -0.3 is 10.1 Å². The third kappa shape index (κ3) is 2.12. The second-order valence-electron chi connectivity index (χ2n) is 7.66. The highest BCUT2D eigenvalue weighted by molar-refractivity contribution is 5.06. The summed E-state index contributed by atoms with van der Waals surface area (Å²) in [6.45, 7) is 3.21. The van der Waals surface area contributed by atoms with Crippen molar-refractivity contribution in [2.24, 2.45) is 23.7 Å². The molecule has 2 nitrogen and oxygen atoms in total. The third-order valence-electron chi connectivity index (χ3n) is 6.06. The molecule has 4 aliphatic carbocycles. The Morgan fingerprint density at radius 3 is 2.22 bits per heavy atom. The lowest BCUT2D eigenvalue weighted by Gasteiger charge is -2.57. The van der Waals surface area contributed by atoms with Crippen LogP contribution in [-0.2, 0) is 4.74 Å². The van der Waals surface area contributed by atoms with E-state index in [0.29, 0.717) is 5.54 Å². The van der Waals surface area contributed by atoms with Gasteiger partial charge in [0.15, 0.2) is 0 Å². The molecular formula is C16H27NO. The Hall–Kier alpha value is -0.0800. The van der Waals surface area contributed by atoms with Crippen LogP contribution in [0.15, 0.2) is 0 Å². The summed E-state index contributed by atoms with van der Waals surface area (Å²) in [7, 11) is 0. The molecule has 2 heteroatoms. The van der Waals surface area contributed by atoms with Crippen molar-refractivity contribution in [3.05, 3.63) is 0 Å². The Balaban J connectivity index is 1.38. The summed E-state index contributed by atoms with van der Waals surface area (Å²) in [5.74, 6) is 3.97. The lowest BCUT2D eigenvalue weighted by molar-refractivity contribution is -0.0262. The van der Waals surface area contributed by atoms with E-state index in [1.165, 1.54) is 38.6 Å². The Morgan fingerprint density at radius 2 is 1.67 bits per heavy atom. The summed E-state index contributed by atoms with van der Waals surface area (Å²) in [5, 5.41) is 4.02. The van der Waals surface area contributed by atoms with Gasteiger partial charge >= 0.3 is 0 Å². The first-order valence-electron chi connectivity index (χ1n) is 8.14. The molecule has 0 aromatic carbocycles. The number of hydrogen-bond acceptors (Lipinski definition) is 2. The Kier molecular flexibility index (Phi) is 2.92. The van der Waals surface area contributed by atoms with Crippen LogP contribution in [-0.4, -0.2) is 25.3 Å². The quantitative estimate of drug-likeness (QED) is 0.830. The van der Waals surface area contributed by atoms with E-state index in [0.717, 1.165) is 36.9 Å². The molecule has 0 aromatic heterocycles. The summed E-state index contributed by atoms with van der Waals surface area (Å²) in [5.41, 5.74) is 0.548. The van der Waals surface area contributed by atoms with Gasteiger partial charge in [0.05, 0.1) is 6.61 Å². The molecule has 102 valence electrons. The normalized spacial score (nSPS) is 50.7. The van der Waals surface area contributed by atoms with Crippen LogP contribution in [0.3, 0.4) is 0 Å². The van der Waals surface area contributed by atoms with Gasteiger partial charge in [-0.05, 0) is 75.0 Å². The van der Waals surface area contributed by atoms with E-state index in [4.69, 9.17) is 4.74 Å². The second kappa shape index (κ2) is 4.49. The van der Waals surface area contributed by atoms with Crippen LogP contribution in [0.2, 0.25) is 0 Å². The van der Waals surface area contributed by atoms with E-state index in [1.54, 1.807) is 19.3 Å². The zero-order chi connectivity index (χ0) is 12.0. The second-order valence-corrected chi connectivity index (χ2v) is 7.66. The molecule has 4 bridgehead atoms. The molecular weight excluding hydrogens is 222 g/mol. The SMILES string of the molecule is C1COCC(CNC23CC4CC(CC(C4)C2)C3)C1. The highest BCUT2D eigenvalue weighted by Gasteiger charge is 2.50. The topological polar surface area (TPSA) is 21.3 Å². The summed E-state index contributed by atoms with van der Waals surface area (Å²) >= 11 is 0. The van der Waals surface area contributed by atoms with Crippen molar-refractivity contribution in [1.29, 1.82) is 0 Å². The van der Waals surface area contributed by atoms with Crippen molar-refractivity contribution >= 4 is 0 Å². The van der Waals surface area contributed by atoms with Crippen LogP contribution in [0.1, 0.15) is 51.4 Å². The Labute approximate surface area is 111 Å². The van der Waals surface area contributed by atoms with E-state index in [9.17, 15) is 0 Å². The molecule has 1 N–H and O–H groups in total. The first-order chi connectivity index (χ1) is 8.81. The predicted molar refractivity (Wildman–Crippen MR) is 72.4 cm³/mol. The van der Waals surface area contributed by atoms with E-state index >= 15 is 0 Å². The van der Waals surface area contributed by atoms with Gasteiger partial charge in [-0.1, -0.05) is 0 Å². The van der Waals surface area contributed by atoms with Crippen molar-refractivity contribution in [3.8, 4) is 0 Å². The van der Waals surface area contributed by atoms with Gasteiger partial charge in [-0.15, -0.1) is 0 Å². The standard InChI is InChI=1S/C16H27NO/c1-2-12(11-18-3-1)10-17-16-7-13-4-14(8-16)6-15(5-13)9-16/h12-15,17H,1-11H2. The lowest BCUT2D eigenvalue weighted by Crippen LogP contribution is -2.59. The summed E-state index contributed by atoms with van der Waals surface area (Å²) in [6, 6.07) is 0. The van der Waals surface area contributed by atoms with Gasteiger partial charge in [0.2, 0.25) is 0 Å². The number of hydrogen-bond donors (Lipinski definition) is 1. The maximum atomic E-state index is 5.61. The average molecular weight is 249 g/mol. The van der Waals surface area contributed by atoms with Gasteiger partial charge in [0.1, 0.15) is 0 Å². The average Bonchev–Trinajstić information content (AvgIpc) is 2.36. The molecule has 1 aliphatic heterocycles. The molecule has 0 amide bonds. The first kappa shape index (κ1) is 11.7. The molecule has 1 saturated heterocycles. The van der Waals surface area contributed by atoms with Gasteiger partial charge in [0.25, 0.3) is 0 Å². The minimum atomic E-state index is 0.548. The van der Waals surface area contributed by atoms with Crippen LogP contribution < -0.4 is 5.32 Å². The van der Waals surface area contributed by atoms with Crippen molar-refractivity contribution < 1.29 is 4.74 Å². The van der Waals surface area contributed by atoms with Crippen LogP contribution in [0.25, 0.3) is 0 Å². The van der Waals surface area contributed by atoms with Gasteiger partial charge in [0, 0.05) is 18.7 Å². The molecule has 5 aliphatic rings. The summed E-state index contributed by atoms with van der Waals surface area (Å²) in [6.07, 6.45) is 11.7. The van der Waals surface area contributed by atoms with E-state index in [1.807, 2.05) is 0 Å². The minimum Gasteiger partial charge on any atom is -0.381 e. The third-order valence-corrected chi connectivity index (χ3v) is 6.06. The molecule has 1 heterocycles. The minimum absolute atomic E-state index is 0.548.